The lowest BCUT2D eigenvalue weighted by atomic mass is 9.99. The Balaban J connectivity index is 1.69. The van der Waals surface area contributed by atoms with Crippen molar-refractivity contribution in [2.45, 2.75) is 52.1 Å². The third kappa shape index (κ3) is 4.26. The fourth-order valence-corrected chi connectivity index (χ4v) is 4.61. The molecule has 1 unspecified atom stereocenters. The molecule has 1 atom stereocenters. The minimum atomic E-state index is -0.208. The molecule has 4 rings (SSSR count). The highest BCUT2D eigenvalue weighted by atomic mass is 35.5. The predicted octanol–water partition coefficient (Wildman–Crippen LogP) is 5.77. The Morgan fingerprint density at radius 1 is 1.31 bits per heavy atom. The van der Waals surface area contributed by atoms with Gasteiger partial charge in [-0.3, -0.25) is 4.79 Å². The van der Waals surface area contributed by atoms with E-state index in [9.17, 15) is 9.59 Å². The maximum absolute atomic E-state index is 12.4. The molecule has 1 fully saturated rings. The molecule has 0 bridgehead atoms. The molecular formula is C26H29ClN2O3. The molecule has 2 aromatic rings. The van der Waals surface area contributed by atoms with Crippen molar-refractivity contribution < 1.29 is 14.3 Å². The summed E-state index contributed by atoms with van der Waals surface area (Å²) < 4.78 is 5.86. The summed E-state index contributed by atoms with van der Waals surface area (Å²) in [5, 5.41) is 3.69. The number of rotatable bonds is 9. The average Bonchev–Trinajstić information content (AvgIpc) is 3.58. The third-order valence-corrected chi connectivity index (χ3v) is 6.63. The van der Waals surface area contributed by atoms with Crippen molar-refractivity contribution in [3.8, 4) is 5.75 Å². The van der Waals surface area contributed by atoms with Crippen LogP contribution in [-0.4, -0.2) is 23.7 Å². The Morgan fingerprint density at radius 3 is 2.75 bits per heavy atom. The SMILES string of the molecule is C=C1c2c(NC(=O)C3CC3)ccc(Cl)c2CN1C(CC=O)c1ccc(CC)c(OCC)c1. The number of fused-ring (bicyclic) bond motifs is 1. The molecule has 0 saturated heterocycles. The molecule has 1 N–H and O–H groups in total. The summed E-state index contributed by atoms with van der Waals surface area (Å²) in [5.74, 6) is 0.992. The number of amides is 1. The summed E-state index contributed by atoms with van der Waals surface area (Å²) in [5.41, 5.74) is 5.41. The van der Waals surface area contributed by atoms with Crippen LogP contribution in [-0.2, 0) is 22.6 Å². The topological polar surface area (TPSA) is 58.6 Å². The van der Waals surface area contributed by atoms with E-state index in [1.165, 1.54) is 0 Å². The molecule has 0 spiro atoms. The van der Waals surface area contributed by atoms with E-state index in [4.69, 9.17) is 16.3 Å². The molecule has 2 aromatic carbocycles. The summed E-state index contributed by atoms with van der Waals surface area (Å²) in [6, 6.07) is 9.61. The van der Waals surface area contributed by atoms with Gasteiger partial charge in [0.1, 0.15) is 12.0 Å². The standard InChI is InChI=1S/C26H29ClN2O3/c1-4-17-6-9-19(14-24(17)32-5-2)23(12-13-30)29-15-20-21(27)10-11-22(25(20)16(29)3)28-26(31)18-7-8-18/h6,9-11,13-14,18,23H,3-5,7-8,12,15H2,1-2H3,(H,28,31). The minimum Gasteiger partial charge on any atom is -0.494 e. The van der Waals surface area contributed by atoms with Crippen molar-refractivity contribution in [2.75, 3.05) is 11.9 Å². The Kier molecular flexibility index (Phi) is 6.56. The van der Waals surface area contributed by atoms with Gasteiger partial charge in [0.15, 0.2) is 0 Å². The number of nitrogens with one attached hydrogen (secondary N) is 1. The molecule has 168 valence electrons. The number of halogens is 1. The molecule has 32 heavy (non-hydrogen) atoms. The first-order valence-electron chi connectivity index (χ1n) is 11.3. The van der Waals surface area contributed by atoms with Crippen LogP contribution >= 0.6 is 11.6 Å². The lowest BCUT2D eigenvalue weighted by Crippen LogP contribution is -2.23. The zero-order valence-electron chi connectivity index (χ0n) is 18.6. The van der Waals surface area contributed by atoms with E-state index in [2.05, 4.69) is 35.9 Å². The van der Waals surface area contributed by atoms with Gasteiger partial charge in [-0.1, -0.05) is 37.2 Å². The Hall–Kier alpha value is -2.79. The smallest absolute Gasteiger partial charge is 0.227 e. The molecular weight excluding hydrogens is 424 g/mol. The summed E-state index contributed by atoms with van der Waals surface area (Å²) in [6.07, 6.45) is 3.99. The number of hydrogen-bond donors (Lipinski definition) is 1. The van der Waals surface area contributed by atoms with Crippen LogP contribution in [0.1, 0.15) is 61.4 Å². The van der Waals surface area contributed by atoms with Gasteiger partial charge >= 0.3 is 0 Å². The second-order valence-corrected chi connectivity index (χ2v) is 8.77. The van der Waals surface area contributed by atoms with E-state index in [1.807, 2.05) is 25.1 Å². The highest BCUT2D eigenvalue weighted by molar-refractivity contribution is 6.32. The lowest BCUT2D eigenvalue weighted by molar-refractivity contribution is -0.117. The van der Waals surface area contributed by atoms with E-state index < -0.39 is 0 Å². The van der Waals surface area contributed by atoms with Gasteiger partial charge in [0.05, 0.1) is 18.3 Å². The number of aldehydes is 1. The van der Waals surface area contributed by atoms with E-state index in [0.29, 0.717) is 24.6 Å². The van der Waals surface area contributed by atoms with Crippen molar-refractivity contribution in [3.63, 3.8) is 0 Å². The summed E-state index contributed by atoms with van der Waals surface area (Å²) in [4.78, 5) is 26.2. The van der Waals surface area contributed by atoms with Crippen molar-refractivity contribution in [3.05, 3.63) is 64.2 Å². The van der Waals surface area contributed by atoms with Crippen LogP contribution in [0.4, 0.5) is 5.69 Å². The zero-order chi connectivity index (χ0) is 22.8. The fraction of sp³-hybridized carbons (Fsp3) is 0.385. The Morgan fingerprint density at radius 2 is 2.09 bits per heavy atom. The normalized spacial score (nSPS) is 16.0. The van der Waals surface area contributed by atoms with E-state index in [0.717, 1.165) is 64.9 Å². The summed E-state index contributed by atoms with van der Waals surface area (Å²) in [6.45, 7) is 9.50. The second kappa shape index (κ2) is 9.37. The first-order chi connectivity index (χ1) is 15.5. The maximum atomic E-state index is 12.4. The average molecular weight is 453 g/mol. The highest BCUT2D eigenvalue weighted by Gasteiger charge is 2.35. The molecule has 1 aliphatic heterocycles. The van der Waals surface area contributed by atoms with Crippen LogP contribution in [0.5, 0.6) is 5.75 Å². The number of hydrogen-bond acceptors (Lipinski definition) is 4. The first kappa shape index (κ1) is 22.4. The Bertz CT molecular complexity index is 1060. The van der Waals surface area contributed by atoms with E-state index >= 15 is 0 Å². The number of aryl methyl sites for hydroxylation is 1. The minimum absolute atomic E-state index is 0.0433. The largest absolute Gasteiger partial charge is 0.494 e. The first-order valence-corrected chi connectivity index (χ1v) is 11.6. The molecule has 0 aromatic heterocycles. The van der Waals surface area contributed by atoms with Gasteiger partial charge in [0.25, 0.3) is 0 Å². The van der Waals surface area contributed by atoms with Crippen molar-refractivity contribution in [1.29, 1.82) is 0 Å². The van der Waals surface area contributed by atoms with Gasteiger partial charge in [0.2, 0.25) is 5.91 Å². The summed E-state index contributed by atoms with van der Waals surface area (Å²) in [7, 11) is 0. The van der Waals surface area contributed by atoms with Crippen molar-refractivity contribution >= 4 is 35.2 Å². The highest BCUT2D eigenvalue weighted by Crippen LogP contribution is 2.46. The fourth-order valence-electron chi connectivity index (χ4n) is 4.39. The molecule has 1 amide bonds. The molecule has 5 nitrogen and oxygen atoms in total. The van der Waals surface area contributed by atoms with Crippen molar-refractivity contribution in [1.82, 2.24) is 4.90 Å². The third-order valence-electron chi connectivity index (χ3n) is 6.28. The number of ether oxygens (including phenoxy) is 1. The number of nitrogens with zero attached hydrogens (tertiary/aromatic N) is 1. The molecule has 1 heterocycles. The van der Waals surface area contributed by atoms with E-state index in [-0.39, 0.29) is 17.9 Å². The predicted molar refractivity (Wildman–Crippen MR) is 128 cm³/mol. The number of carbonyl (C=O) groups excluding carboxylic acids is 2. The Labute approximate surface area is 194 Å². The van der Waals surface area contributed by atoms with Gasteiger partial charge < -0.3 is 19.7 Å². The van der Waals surface area contributed by atoms with Crippen LogP contribution in [0.2, 0.25) is 5.02 Å². The van der Waals surface area contributed by atoms with Crippen molar-refractivity contribution in [2.24, 2.45) is 5.92 Å². The van der Waals surface area contributed by atoms with Crippen LogP contribution < -0.4 is 10.1 Å². The van der Waals surface area contributed by atoms with Crippen LogP contribution in [0.3, 0.4) is 0 Å². The number of benzene rings is 2. The number of carbonyl (C=O) groups is 2. The van der Waals surface area contributed by atoms with Gasteiger partial charge in [-0.15, -0.1) is 0 Å². The maximum Gasteiger partial charge on any atom is 0.227 e. The lowest BCUT2D eigenvalue weighted by Gasteiger charge is -2.30. The molecule has 2 aliphatic rings. The quantitative estimate of drug-likeness (QED) is 0.491. The van der Waals surface area contributed by atoms with Crippen LogP contribution in [0.15, 0.2) is 36.9 Å². The number of anilines is 1. The van der Waals surface area contributed by atoms with Gasteiger partial charge in [0, 0.05) is 40.7 Å². The van der Waals surface area contributed by atoms with Gasteiger partial charge in [-0.25, -0.2) is 0 Å². The van der Waals surface area contributed by atoms with Gasteiger partial charge in [-0.2, -0.15) is 0 Å². The summed E-state index contributed by atoms with van der Waals surface area (Å²) >= 11 is 6.55. The second-order valence-electron chi connectivity index (χ2n) is 8.36. The van der Waals surface area contributed by atoms with Crippen LogP contribution in [0, 0.1) is 5.92 Å². The van der Waals surface area contributed by atoms with E-state index in [1.54, 1.807) is 0 Å². The van der Waals surface area contributed by atoms with Crippen LogP contribution in [0.25, 0.3) is 5.70 Å². The van der Waals surface area contributed by atoms with Gasteiger partial charge in [-0.05, 0) is 55.5 Å². The monoisotopic (exact) mass is 452 g/mol. The molecule has 1 saturated carbocycles. The molecule has 6 heteroatoms. The molecule has 0 radical (unpaired) electrons. The zero-order valence-corrected chi connectivity index (χ0v) is 19.4. The molecule has 1 aliphatic carbocycles.